The Balaban J connectivity index is 1.40. The second-order valence-electron chi connectivity index (χ2n) is 7.60. The SMILES string of the molecule is Cc1ccc(NC(=O)CCN(Cc2cccc3ccccc23)C2CC2)cc1Br. The summed E-state index contributed by atoms with van der Waals surface area (Å²) in [6.07, 6.45) is 2.97. The van der Waals surface area contributed by atoms with Crippen LogP contribution in [-0.4, -0.2) is 23.4 Å². The molecule has 144 valence electrons. The van der Waals surface area contributed by atoms with E-state index < -0.39 is 0 Å². The molecule has 0 saturated heterocycles. The van der Waals surface area contributed by atoms with E-state index >= 15 is 0 Å². The van der Waals surface area contributed by atoms with Gasteiger partial charge in [0, 0.05) is 35.7 Å². The summed E-state index contributed by atoms with van der Waals surface area (Å²) in [7, 11) is 0. The van der Waals surface area contributed by atoms with E-state index in [9.17, 15) is 4.79 Å². The number of rotatable bonds is 7. The van der Waals surface area contributed by atoms with Crippen molar-refractivity contribution in [3.05, 3.63) is 76.3 Å². The van der Waals surface area contributed by atoms with E-state index in [0.717, 1.165) is 28.8 Å². The fourth-order valence-electron chi connectivity index (χ4n) is 3.62. The van der Waals surface area contributed by atoms with Gasteiger partial charge in [-0.1, -0.05) is 64.5 Å². The Bertz CT molecular complexity index is 992. The van der Waals surface area contributed by atoms with Crippen LogP contribution in [0.3, 0.4) is 0 Å². The molecule has 1 saturated carbocycles. The monoisotopic (exact) mass is 436 g/mol. The number of hydrogen-bond donors (Lipinski definition) is 1. The first kappa shape index (κ1) is 19.2. The maximum absolute atomic E-state index is 12.5. The fourth-order valence-corrected chi connectivity index (χ4v) is 4.00. The number of nitrogens with one attached hydrogen (secondary N) is 1. The molecule has 1 aliphatic rings. The van der Waals surface area contributed by atoms with E-state index in [1.54, 1.807) is 0 Å². The third kappa shape index (κ3) is 4.62. The largest absolute Gasteiger partial charge is 0.326 e. The number of benzene rings is 3. The molecule has 0 aliphatic heterocycles. The first-order valence-electron chi connectivity index (χ1n) is 9.87. The number of fused-ring (bicyclic) bond motifs is 1. The Morgan fingerprint density at radius 1 is 1.11 bits per heavy atom. The molecular weight excluding hydrogens is 412 g/mol. The molecule has 0 atom stereocenters. The van der Waals surface area contributed by atoms with Gasteiger partial charge in [0.05, 0.1) is 0 Å². The highest BCUT2D eigenvalue weighted by Gasteiger charge is 2.29. The lowest BCUT2D eigenvalue weighted by Crippen LogP contribution is -2.29. The van der Waals surface area contributed by atoms with E-state index in [1.807, 2.05) is 25.1 Å². The number of aryl methyl sites for hydroxylation is 1. The molecule has 1 aliphatic carbocycles. The van der Waals surface area contributed by atoms with Crippen molar-refractivity contribution in [2.75, 3.05) is 11.9 Å². The number of amides is 1. The first-order chi connectivity index (χ1) is 13.6. The Morgan fingerprint density at radius 2 is 1.89 bits per heavy atom. The van der Waals surface area contributed by atoms with Crippen molar-refractivity contribution < 1.29 is 4.79 Å². The molecule has 3 aromatic rings. The first-order valence-corrected chi connectivity index (χ1v) is 10.7. The van der Waals surface area contributed by atoms with Crippen LogP contribution >= 0.6 is 15.9 Å². The summed E-state index contributed by atoms with van der Waals surface area (Å²) in [5, 5.41) is 5.61. The summed E-state index contributed by atoms with van der Waals surface area (Å²) in [6.45, 7) is 3.72. The van der Waals surface area contributed by atoms with Crippen LogP contribution in [0.25, 0.3) is 10.8 Å². The van der Waals surface area contributed by atoms with Crippen LogP contribution < -0.4 is 5.32 Å². The standard InChI is InChI=1S/C24H25BrN2O/c1-17-9-10-20(15-23(17)25)26-24(28)13-14-27(21-11-12-21)16-19-7-4-6-18-5-2-3-8-22(18)19/h2-10,15,21H,11-14,16H2,1H3,(H,26,28). The zero-order chi connectivity index (χ0) is 19.5. The van der Waals surface area contributed by atoms with E-state index in [2.05, 4.69) is 68.6 Å². The maximum atomic E-state index is 12.5. The van der Waals surface area contributed by atoms with Gasteiger partial charge in [0.2, 0.25) is 5.91 Å². The predicted molar refractivity (Wildman–Crippen MR) is 120 cm³/mol. The van der Waals surface area contributed by atoms with Gasteiger partial charge in [-0.15, -0.1) is 0 Å². The Morgan fingerprint density at radius 3 is 2.68 bits per heavy atom. The minimum absolute atomic E-state index is 0.0688. The molecular formula is C24H25BrN2O. The second-order valence-corrected chi connectivity index (χ2v) is 8.46. The third-order valence-electron chi connectivity index (χ3n) is 5.40. The van der Waals surface area contributed by atoms with Gasteiger partial charge in [0.25, 0.3) is 0 Å². The summed E-state index contributed by atoms with van der Waals surface area (Å²) >= 11 is 3.52. The van der Waals surface area contributed by atoms with Crippen molar-refractivity contribution in [3.63, 3.8) is 0 Å². The van der Waals surface area contributed by atoms with Crippen LogP contribution in [0, 0.1) is 6.92 Å². The normalized spacial score (nSPS) is 13.8. The van der Waals surface area contributed by atoms with E-state index in [1.165, 1.54) is 29.2 Å². The zero-order valence-corrected chi connectivity index (χ0v) is 17.7. The summed E-state index contributed by atoms with van der Waals surface area (Å²) in [4.78, 5) is 14.9. The predicted octanol–water partition coefficient (Wildman–Crippen LogP) is 5.90. The molecule has 28 heavy (non-hydrogen) atoms. The molecule has 1 amide bonds. The van der Waals surface area contributed by atoms with Gasteiger partial charge >= 0.3 is 0 Å². The maximum Gasteiger partial charge on any atom is 0.225 e. The van der Waals surface area contributed by atoms with Gasteiger partial charge in [-0.3, -0.25) is 9.69 Å². The number of hydrogen-bond acceptors (Lipinski definition) is 2. The van der Waals surface area contributed by atoms with Gasteiger partial charge in [0.15, 0.2) is 0 Å². The molecule has 3 nitrogen and oxygen atoms in total. The quantitative estimate of drug-likeness (QED) is 0.499. The number of carbonyl (C=O) groups excluding carboxylic acids is 1. The van der Waals surface area contributed by atoms with Gasteiger partial charge < -0.3 is 5.32 Å². The molecule has 1 fully saturated rings. The van der Waals surface area contributed by atoms with Crippen LogP contribution in [-0.2, 0) is 11.3 Å². The molecule has 0 radical (unpaired) electrons. The molecule has 3 aromatic carbocycles. The third-order valence-corrected chi connectivity index (χ3v) is 6.25. The van der Waals surface area contributed by atoms with Crippen LogP contribution in [0.5, 0.6) is 0 Å². The Hall–Kier alpha value is -2.17. The molecule has 0 bridgehead atoms. The van der Waals surface area contributed by atoms with Crippen LogP contribution in [0.15, 0.2) is 65.1 Å². The van der Waals surface area contributed by atoms with Crippen LogP contribution in [0.4, 0.5) is 5.69 Å². The summed E-state index contributed by atoms with van der Waals surface area (Å²) in [6, 6.07) is 21.6. The van der Waals surface area contributed by atoms with Crippen molar-refractivity contribution in [3.8, 4) is 0 Å². The molecule has 1 N–H and O–H groups in total. The van der Waals surface area contributed by atoms with Gasteiger partial charge in [-0.2, -0.15) is 0 Å². The van der Waals surface area contributed by atoms with Crippen LogP contribution in [0.1, 0.15) is 30.4 Å². The van der Waals surface area contributed by atoms with Gasteiger partial charge in [-0.05, 0) is 53.8 Å². The number of carbonyl (C=O) groups is 1. The lowest BCUT2D eigenvalue weighted by Gasteiger charge is -2.22. The number of anilines is 1. The molecule has 4 heteroatoms. The second kappa shape index (κ2) is 8.46. The van der Waals surface area contributed by atoms with Crippen molar-refractivity contribution in [2.45, 2.75) is 38.8 Å². The van der Waals surface area contributed by atoms with Crippen molar-refractivity contribution in [1.29, 1.82) is 0 Å². The molecule has 4 rings (SSSR count). The average molecular weight is 437 g/mol. The smallest absolute Gasteiger partial charge is 0.225 e. The number of halogens is 1. The Labute approximate surface area is 174 Å². The van der Waals surface area contributed by atoms with Crippen molar-refractivity contribution in [1.82, 2.24) is 4.90 Å². The lowest BCUT2D eigenvalue weighted by atomic mass is 10.0. The molecule has 0 spiro atoms. The fraction of sp³-hybridized carbons (Fsp3) is 0.292. The van der Waals surface area contributed by atoms with Crippen molar-refractivity contribution in [2.24, 2.45) is 0 Å². The van der Waals surface area contributed by atoms with Crippen molar-refractivity contribution >= 4 is 38.3 Å². The molecule has 0 unspecified atom stereocenters. The lowest BCUT2D eigenvalue weighted by molar-refractivity contribution is -0.116. The summed E-state index contributed by atoms with van der Waals surface area (Å²) in [5.41, 5.74) is 3.34. The molecule has 0 heterocycles. The van der Waals surface area contributed by atoms with E-state index in [0.29, 0.717) is 12.5 Å². The minimum Gasteiger partial charge on any atom is -0.326 e. The van der Waals surface area contributed by atoms with E-state index in [4.69, 9.17) is 0 Å². The van der Waals surface area contributed by atoms with Gasteiger partial charge in [-0.25, -0.2) is 0 Å². The summed E-state index contributed by atoms with van der Waals surface area (Å²) in [5.74, 6) is 0.0688. The highest BCUT2D eigenvalue weighted by atomic mass is 79.9. The van der Waals surface area contributed by atoms with Crippen LogP contribution in [0.2, 0.25) is 0 Å². The summed E-state index contributed by atoms with van der Waals surface area (Å²) < 4.78 is 1.01. The van der Waals surface area contributed by atoms with E-state index in [-0.39, 0.29) is 5.91 Å². The van der Waals surface area contributed by atoms with Gasteiger partial charge in [0.1, 0.15) is 0 Å². The zero-order valence-electron chi connectivity index (χ0n) is 16.1. The molecule has 0 aromatic heterocycles. The highest BCUT2D eigenvalue weighted by molar-refractivity contribution is 9.10. The number of nitrogens with zero attached hydrogens (tertiary/aromatic N) is 1. The average Bonchev–Trinajstić information content (AvgIpc) is 3.53. The Kier molecular flexibility index (Phi) is 5.79. The topological polar surface area (TPSA) is 32.3 Å². The highest BCUT2D eigenvalue weighted by Crippen LogP contribution is 2.30. The minimum atomic E-state index is 0.0688.